The van der Waals surface area contributed by atoms with Gasteiger partial charge in [0.1, 0.15) is 12.4 Å². The largest absolute Gasteiger partial charge is 0.486 e. The van der Waals surface area contributed by atoms with E-state index >= 15 is 0 Å². The van der Waals surface area contributed by atoms with Crippen molar-refractivity contribution in [2.75, 3.05) is 0 Å². The van der Waals surface area contributed by atoms with E-state index in [4.69, 9.17) is 44.5 Å². The summed E-state index contributed by atoms with van der Waals surface area (Å²) >= 11 is 25.7. The van der Waals surface area contributed by atoms with Gasteiger partial charge in [-0.3, -0.25) is 4.79 Å². The van der Waals surface area contributed by atoms with Crippen LogP contribution in [0.3, 0.4) is 0 Å². The highest BCUT2D eigenvalue weighted by Crippen LogP contribution is 2.35. The molecule has 1 atom stereocenters. The number of benzene rings is 3. The highest BCUT2D eigenvalue weighted by Gasteiger charge is 2.16. The second kappa shape index (κ2) is 11.7. The Labute approximate surface area is 240 Å². The van der Waals surface area contributed by atoms with Crippen molar-refractivity contribution in [1.29, 1.82) is 0 Å². The maximum atomic E-state index is 13.3. The SMILES string of the molecule is CC[C@@H](C)c1nc2ccc(Br)cc2c(=O)n1N=Cc1cc(Cl)c(OCc2ccc(Cl)cc2Cl)c(Br)c1. The summed E-state index contributed by atoms with van der Waals surface area (Å²) in [7, 11) is 0. The van der Waals surface area contributed by atoms with Crippen molar-refractivity contribution in [2.45, 2.75) is 32.8 Å². The molecule has 10 heteroatoms. The van der Waals surface area contributed by atoms with Gasteiger partial charge in [0.15, 0.2) is 5.75 Å². The third kappa shape index (κ3) is 5.97. The molecule has 0 spiro atoms. The molecule has 186 valence electrons. The zero-order chi connectivity index (χ0) is 26.0. The first-order valence-corrected chi connectivity index (χ1v) is 13.7. The summed E-state index contributed by atoms with van der Waals surface area (Å²) in [5.74, 6) is 1.10. The molecule has 5 nitrogen and oxygen atoms in total. The second-order valence-electron chi connectivity index (χ2n) is 8.14. The van der Waals surface area contributed by atoms with E-state index in [1.165, 1.54) is 4.68 Å². The number of halogens is 5. The summed E-state index contributed by atoms with van der Waals surface area (Å²) in [6, 6.07) is 14.2. The molecular formula is C26H20Br2Cl3N3O2. The van der Waals surface area contributed by atoms with Gasteiger partial charge in [-0.25, -0.2) is 4.98 Å². The summed E-state index contributed by atoms with van der Waals surface area (Å²) in [4.78, 5) is 18.0. The average Bonchev–Trinajstić information content (AvgIpc) is 2.83. The number of rotatable bonds is 7. The number of fused-ring (bicyclic) bond motifs is 1. The van der Waals surface area contributed by atoms with Crippen LogP contribution in [0.15, 0.2) is 67.4 Å². The molecule has 0 aliphatic rings. The molecule has 0 saturated carbocycles. The maximum Gasteiger partial charge on any atom is 0.282 e. The Morgan fingerprint density at radius 3 is 2.56 bits per heavy atom. The minimum absolute atomic E-state index is 0.0358. The predicted molar refractivity (Wildman–Crippen MR) is 155 cm³/mol. The molecule has 0 amide bonds. The number of hydrogen-bond donors (Lipinski definition) is 0. The van der Waals surface area contributed by atoms with Gasteiger partial charge in [-0.15, -0.1) is 0 Å². The first kappa shape index (κ1) is 27.1. The fraction of sp³-hybridized carbons (Fsp3) is 0.192. The van der Waals surface area contributed by atoms with E-state index in [0.717, 1.165) is 16.5 Å². The quantitative estimate of drug-likeness (QED) is 0.185. The Morgan fingerprint density at radius 2 is 1.86 bits per heavy atom. The molecule has 0 unspecified atom stereocenters. The number of hydrogen-bond acceptors (Lipinski definition) is 4. The van der Waals surface area contributed by atoms with Gasteiger partial charge >= 0.3 is 0 Å². The van der Waals surface area contributed by atoms with Crippen LogP contribution >= 0.6 is 66.7 Å². The van der Waals surface area contributed by atoms with Crippen molar-refractivity contribution in [2.24, 2.45) is 5.10 Å². The molecule has 0 radical (unpaired) electrons. The molecule has 1 aromatic heterocycles. The van der Waals surface area contributed by atoms with Crippen LogP contribution in [0.4, 0.5) is 0 Å². The van der Waals surface area contributed by atoms with E-state index in [1.54, 1.807) is 36.5 Å². The van der Waals surface area contributed by atoms with E-state index in [2.05, 4.69) is 37.0 Å². The molecule has 0 saturated heterocycles. The Bertz CT molecular complexity index is 1520. The van der Waals surface area contributed by atoms with Crippen LogP contribution in [0.25, 0.3) is 10.9 Å². The molecule has 4 rings (SSSR count). The van der Waals surface area contributed by atoms with Crippen LogP contribution in [0.2, 0.25) is 15.1 Å². The third-order valence-corrected chi connectivity index (χ3v) is 7.57. The topological polar surface area (TPSA) is 56.5 Å². The molecule has 0 fully saturated rings. The maximum absolute atomic E-state index is 13.3. The van der Waals surface area contributed by atoms with Crippen LogP contribution in [0.5, 0.6) is 5.75 Å². The Hall–Kier alpha value is -1.90. The monoisotopic (exact) mass is 669 g/mol. The normalized spacial score (nSPS) is 12.4. The zero-order valence-corrected chi connectivity index (χ0v) is 24.7. The molecular weight excluding hydrogens is 652 g/mol. The Kier molecular flexibility index (Phi) is 8.79. The summed E-state index contributed by atoms with van der Waals surface area (Å²) in [5, 5.41) is 6.43. The summed E-state index contributed by atoms with van der Waals surface area (Å²) in [5.41, 5.74) is 1.86. The first-order valence-electron chi connectivity index (χ1n) is 11.0. The van der Waals surface area contributed by atoms with Crippen molar-refractivity contribution in [3.05, 3.63) is 99.8 Å². The van der Waals surface area contributed by atoms with E-state index in [0.29, 0.717) is 47.6 Å². The van der Waals surface area contributed by atoms with Crippen LogP contribution < -0.4 is 10.3 Å². The third-order valence-electron chi connectivity index (χ3n) is 5.62. The van der Waals surface area contributed by atoms with Crippen molar-refractivity contribution < 1.29 is 4.74 Å². The lowest BCUT2D eigenvalue weighted by atomic mass is 10.1. The van der Waals surface area contributed by atoms with Crippen molar-refractivity contribution in [1.82, 2.24) is 9.66 Å². The van der Waals surface area contributed by atoms with E-state index < -0.39 is 0 Å². The fourth-order valence-electron chi connectivity index (χ4n) is 3.48. The highest BCUT2D eigenvalue weighted by molar-refractivity contribution is 9.10. The van der Waals surface area contributed by atoms with Gasteiger partial charge in [-0.1, -0.05) is 70.6 Å². The van der Waals surface area contributed by atoms with Crippen LogP contribution in [-0.4, -0.2) is 15.9 Å². The van der Waals surface area contributed by atoms with Crippen LogP contribution in [0, 0.1) is 0 Å². The van der Waals surface area contributed by atoms with Gasteiger partial charge in [0, 0.05) is 26.0 Å². The van der Waals surface area contributed by atoms with Gasteiger partial charge in [0.2, 0.25) is 0 Å². The van der Waals surface area contributed by atoms with Gasteiger partial charge < -0.3 is 4.74 Å². The lowest BCUT2D eigenvalue weighted by Crippen LogP contribution is -2.23. The lowest BCUT2D eigenvalue weighted by Gasteiger charge is -2.14. The summed E-state index contributed by atoms with van der Waals surface area (Å²) in [6.07, 6.45) is 2.39. The van der Waals surface area contributed by atoms with E-state index in [1.807, 2.05) is 32.0 Å². The second-order valence-corrected chi connectivity index (χ2v) is 11.2. The highest BCUT2D eigenvalue weighted by atomic mass is 79.9. The number of aromatic nitrogens is 2. The molecule has 3 aromatic carbocycles. The lowest BCUT2D eigenvalue weighted by molar-refractivity contribution is 0.304. The van der Waals surface area contributed by atoms with E-state index in [-0.39, 0.29) is 18.1 Å². The average molecular weight is 673 g/mol. The van der Waals surface area contributed by atoms with E-state index in [9.17, 15) is 4.79 Å². The minimum Gasteiger partial charge on any atom is -0.486 e. The predicted octanol–water partition coefficient (Wildman–Crippen LogP) is 8.86. The van der Waals surface area contributed by atoms with Gasteiger partial charge in [-0.05, 0) is 70.4 Å². The van der Waals surface area contributed by atoms with Crippen molar-refractivity contribution in [3.63, 3.8) is 0 Å². The van der Waals surface area contributed by atoms with Crippen molar-refractivity contribution >= 4 is 83.8 Å². The summed E-state index contributed by atoms with van der Waals surface area (Å²) < 4.78 is 8.71. The standard InChI is InChI=1S/C26H20Br2Cl3N3O2/c1-3-14(2)25-33-23-7-5-17(27)10-19(23)26(35)34(25)32-12-15-8-20(28)24(22(31)9-15)36-13-16-4-6-18(29)11-21(16)30/h4-12,14H,3,13H2,1-2H3/t14-/m1/s1. The molecule has 0 aliphatic carbocycles. The zero-order valence-electron chi connectivity index (χ0n) is 19.2. The minimum atomic E-state index is -0.238. The number of nitrogens with zero attached hydrogens (tertiary/aromatic N) is 3. The Morgan fingerprint density at radius 1 is 1.08 bits per heavy atom. The smallest absolute Gasteiger partial charge is 0.282 e. The fourth-order valence-corrected chi connectivity index (χ4v) is 5.30. The molecule has 4 aromatic rings. The first-order chi connectivity index (χ1) is 17.2. The number of ether oxygens (including phenoxy) is 1. The van der Waals surface area contributed by atoms with Crippen LogP contribution in [0.1, 0.15) is 43.1 Å². The summed E-state index contributed by atoms with van der Waals surface area (Å²) in [6.45, 7) is 4.28. The molecule has 0 N–H and O–H groups in total. The van der Waals surface area contributed by atoms with Gasteiger partial charge in [0.25, 0.3) is 5.56 Å². The van der Waals surface area contributed by atoms with Gasteiger partial charge in [0.05, 0.1) is 26.6 Å². The van der Waals surface area contributed by atoms with Crippen LogP contribution in [-0.2, 0) is 6.61 Å². The molecule has 1 heterocycles. The molecule has 36 heavy (non-hydrogen) atoms. The van der Waals surface area contributed by atoms with Crippen molar-refractivity contribution in [3.8, 4) is 5.75 Å². The Balaban J connectivity index is 1.66. The molecule has 0 aliphatic heterocycles. The van der Waals surface area contributed by atoms with Gasteiger partial charge in [-0.2, -0.15) is 9.78 Å². The molecule has 0 bridgehead atoms.